The standard InChI is InChI=1S/C8H10N2O5S/c1-2-15-8-5-6(16(9,13)14)3-4-7(8)10(11)12/h3-5H,2H2,1H3,(H2,9,13,14). The van der Waals surface area contributed by atoms with Crippen LogP contribution in [0.3, 0.4) is 0 Å². The summed E-state index contributed by atoms with van der Waals surface area (Å²) in [5.74, 6) is -0.112. The second-order valence-corrected chi connectivity index (χ2v) is 4.43. The number of hydrogen-bond donors (Lipinski definition) is 1. The number of rotatable bonds is 4. The highest BCUT2D eigenvalue weighted by Crippen LogP contribution is 2.29. The first kappa shape index (κ1) is 12.4. The molecule has 1 aromatic carbocycles. The summed E-state index contributed by atoms with van der Waals surface area (Å²) in [5, 5.41) is 15.5. The number of nitro groups is 1. The fourth-order valence-corrected chi connectivity index (χ4v) is 1.62. The first-order chi connectivity index (χ1) is 7.36. The Labute approximate surface area is 92.0 Å². The van der Waals surface area contributed by atoms with Gasteiger partial charge in [0.25, 0.3) is 0 Å². The zero-order chi connectivity index (χ0) is 12.3. The zero-order valence-corrected chi connectivity index (χ0v) is 9.23. The normalized spacial score (nSPS) is 11.1. The Balaban J connectivity index is 3.33. The second-order valence-electron chi connectivity index (χ2n) is 2.86. The Hall–Kier alpha value is -1.67. The average Bonchev–Trinajstić information content (AvgIpc) is 2.16. The van der Waals surface area contributed by atoms with Gasteiger partial charge in [-0.1, -0.05) is 0 Å². The van der Waals surface area contributed by atoms with E-state index in [0.717, 1.165) is 18.2 Å². The third-order valence-electron chi connectivity index (χ3n) is 1.76. The maximum Gasteiger partial charge on any atom is 0.311 e. The SMILES string of the molecule is CCOc1cc(S(N)(=O)=O)ccc1[N+](=O)[O-]. The number of nitrogens with two attached hydrogens (primary N) is 1. The van der Waals surface area contributed by atoms with Gasteiger partial charge in [0.05, 0.1) is 16.4 Å². The van der Waals surface area contributed by atoms with Crippen molar-refractivity contribution in [2.45, 2.75) is 11.8 Å². The largest absolute Gasteiger partial charge is 0.487 e. The van der Waals surface area contributed by atoms with Crippen molar-refractivity contribution < 1.29 is 18.1 Å². The summed E-state index contributed by atoms with van der Waals surface area (Å²) < 4.78 is 27.0. The van der Waals surface area contributed by atoms with Gasteiger partial charge in [0.15, 0.2) is 5.75 Å². The molecular formula is C8H10N2O5S. The maximum atomic E-state index is 11.0. The fourth-order valence-electron chi connectivity index (χ4n) is 1.09. The van der Waals surface area contributed by atoms with Gasteiger partial charge in [0.1, 0.15) is 0 Å². The molecule has 0 aliphatic rings. The average molecular weight is 246 g/mol. The van der Waals surface area contributed by atoms with Crippen molar-refractivity contribution in [1.29, 1.82) is 0 Å². The molecule has 0 radical (unpaired) electrons. The molecule has 0 aromatic heterocycles. The van der Waals surface area contributed by atoms with Crippen molar-refractivity contribution in [1.82, 2.24) is 0 Å². The lowest BCUT2D eigenvalue weighted by molar-refractivity contribution is -0.385. The van der Waals surface area contributed by atoms with Crippen molar-refractivity contribution in [3.05, 3.63) is 28.3 Å². The summed E-state index contributed by atoms with van der Waals surface area (Å²) in [5.41, 5.74) is -0.297. The number of ether oxygens (including phenoxy) is 1. The van der Waals surface area contributed by atoms with Gasteiger partial charge in [0.2, 0.25) is 10.0 Å². The number of nitro benzene ring substituents is 1. The van der Waals surface area contributed by atoms with E-state index in [1.165, 1.54) is 0 Å². The number of primary sulfonamides is 1. The van der Waals surface area contributed by atoms with Crippen LogP contribution in [0.2, 0.25) is 0 Å². The molecule has 88 valence electrons. The first-order valence-corrected chi connectivity index (χ1v) is 5.85. The lowest BCUT2D eigenvalue weighted by Crippen LogP contribution is -2.12. The van der Waals surface area contributed by atoms with E-state index >= 15 is 0 Å². The van der Waals surface area contributed by atoms with Gasteiger partial charge >= 0.3 is 5.69 Å². The van der Waals surface area contributed by atoms with Gasteiger partial charge < -0.3 is 4.74 Å². The Morgan fingerprint density at radius 3 is 2.56 bits per heavy atom. The van der Waals surface area contributed by atoms with Gasteiger partial charge in [-0.3, -0.25) is 10.1 Å². The molecule has 2 N–H and O–H groups in total. The van der Waals surface area contributed by atoms with Gasteiger partial charge in [-0.05, 0) is 13.0 Å². The maximum absolute atomic E-state index is 11.0. The molecule has 0 aliphatic carbocycles. The third-order valence-corrected chi connectivity index (χ3v) is 2.67. The van der Waals surface area contributed by atoms with Gasteiger partial charge in [-0.25, -0.2) is 13.6 Å². The van der Waals surface area contributed by atoms with Crippen LogP contribution < -0.4 is 9.88 Å². The topological polar surface area (TPSA) is 113 Å². The van der Waals surface area contributed by atoms with E-state index in [1.54, 1.807) is 6.92 Å². The Kier molecular flexibility index (Phi) is 3.45. The minimum absolute atomic E-state index is 0.112. The molecule has 0 fully saturated rings. The minimum atomic E-state index is -3.89. The molecule has 0 unspecified atom stereocenters. The Bertz CT molecular complexity index is 511. The molecule has 7 nitrogen and oxygen atoms in total. The fraction of sp³-hybridized carbons (Fsp3) is 0.250. The quantitative estimate of drug-likeness (QED) is 0.618. The van der Waals surface area contributed by atoms with Crippen LogP contribution in [-0.2, 0) is 10.0 Å². The molecule has 0 saturated carbocycles. The molecule has 0 spiro atoms. The van der Waals surface area contributed by atoms with E-state index in [1.807, 2.05) is 0 Å². The predicted molar refractivity (Wildman–Crippen MR) is 55.6 cm³/mol. The van der Waals surface area contributed by atoms with Crippen LogP contribution in [0.5, 0.6) is 5.75 Å². The monoisotopic (exact) mass is 246 g/mol. The van der Waals surface area contributed by atoms with Crippen LogP contribution >= 0.6 is 0 Å². The van der Waals surface area contributed by atoms with Crippen LogP contribution in [0.1, 0.15) is 6.92 Å². The van der Waals surface area contributed by atoms with Crippen LogP contribution in [-0.4, -0.2) is 19.9 Å². The van der Waals surface area contributed by atoms with Crippen LogP contribution in [0.15, 0.2) is 23.1 Å². The van der Waals surface area contributed by atoms with Crippen molar-refractivity contribution in [2.75, 3.05) is 6.61 Å². The second kappa shape index (κ2) is 4.45. The highest BCUT2D eigenvalue weighted by Gasteiger charge is 2.18. The zero-order valence-electron chi connectivity index (χ0n) is 8.41. The van der Waals surface area contributed by atoms with Crippen LogP contribution in [0, 0.1) is 10.1 Å². The molecule has 0 aliphatic heterocycles. The molecule has 8 heteroatoms. The summed E-state index contributed by atoms with van der Waals surface area (Å²) in [6, 6.07) is 3.15. The Morgan fingerprint density at radius 2 is 2.12 bits per heavy atom. The highest BCUT2D eigenvalue weighted by molar-refractivity contribution is 7.89. The van der Waals surface area contributed by atoms with Crippen molar-refractivity contribution >= 4 is 15.7 Å². The summed E-state index contributed by atoms with van der Waals surface area (Å²) in [4.78, 5) is 9.73. The van der Waals surface area contributed by atoms with Crippen LogP contribution in [0.25, 0.3) is 0 Å². The van der Waals surface area contributed by atoms with E-state index in [0.29, 0.717) is 0 Å². The summed E-state index contributed by atoms with van der Waals surface area (Å²) in [7, 11) is -3.89. The lowest BCUT2D eigenvalue weighted by atomic mass is 10.3. The van der Waals surface area contributed by atoms with Crippen molar-refractivity contribution in [3.63, 3.8) is 0 Å². The summed E-state index contributed by atoms with van der Waals surface area (Å²) in [6.07, 6.45) is 0. The van der Waals surface area contributed by atoms with E-state index < -0.39 is 14.9 Å². The molecule has 16 heavy (non-hydrogen) atoms. The van der Waals surface area contributed by atoms with E-state index in [-0.39, 0.29) is 22.9 Å². The third kappa shape index (κ3) is 2.67. The first-order valence-electron chi connectivity index (χ1n) is 4.30. The van der Waals surface area contributed by atoms with Gasteiger partial charge in [-0.15, -0.1) is 0 Å². The summed E-state index contributed by atoms with van der Waals surface area (Å²) in [6.45, 7) is 1.82. The smallest absolute Gasteiger partial charge is 0.311 e. The van der Waals surface area contributed by atoms with Crippen LogP contribution in [0.4, 0.5) is 5.69 Å². The highest BCUT2D eigenvalue weighted by atomic mass is 32.2. The van der Waals surface area contributed by atoms with Gasteiger partial charge in [0, 0.05) is 12.1 Å². The molecule has 1 rings (SSSR count). The molecule has 1 aromatic rings. The van der Waals surface area contributed by atoms with E-state index in [9.17, 15) is 18.5 Å². The number of nitrogens with zero attached hydrogens (tertiary/aromatic N) is 1. The molecule has 0 bridgehead atoms. The van der Waals surface area contributed by atoms with Crippen molar-refractivity contribution in [3.8, 4) is 5.75 Å². The molecule has 0 atom stereocenters. The number of benzene rings is 1. The predicted octanol–water partition coefficient (Wildman–Crippen LogP) is 0.641. The summed E-state index contributed by atoms with van der Waals surface area (Å²) >= 11 is 0. The van der Waals surface area contributed by atoms with E-state index in [4.69, 9.17) is 9.88 Å². The van der Waals surface area contributed by atoms with Crippen molar-refractivity contribution in [2.24, 2.45) is 5.14 Å². The number of hydrogen-bond acceptors (Lipinski definition) is 5. The molecular weight excluding hydrogens is 236 g/mol. The molecule has 0 saturated heterocycles. The Morgan fingerprint density at radius 1 is 1.50 bits per heavy atom. The van der Waals surface area contributed by atoms with Gasteiger partial charge in [-0.2, -0.15) is 0 Å². The molecule has 0 heterocycles. The minimum Gasteiger partial charge on any atom is -0.487 e. The van der Waals surface area contributed by atoms with E-state index in [2.05, 4.69) is 0 Å². The molecule has 0 amide bonds. The lowest BCUT2D eigenvalue weighted by Gasteiger charge is -2.05. The number of sulfonamides is 1.